The Morgan fingerprint density at radius 3 is 2.67 bits per heavy atom. The van der Waals surface area contributed by atoms with Crippen molar-refractivity contribution in [2.24, 2.45) is 0 Å². The highest BCUT2D eigenvalue weighted by molar-refractivity contribution is 6.30. The Morgan fingerprint density at radius 2 is 2.04 bits per heavy atom. The van der Waals surface area contributed by atoms with Gasteiger partial charge in [-0.25, -0.2) is 4.39 Å². The van der Waals surface area contributed by atoms with Crippen molar-refractivity contribution in [1.82, 2.24) is 5.32 Å². The lowest BCUT2D eigenvalue weighted by Crippen LogP contribution is -2.52. The maximum atomic E-state index is 13.4. The van der Waals surface area contributed by atoms with E-state index in [-0.39, 0.29) is 24.5 Å². The molecule has 2 amide bonds. The smallest absolute Gasteiger partial charge is 0.268 e. The van der Waals surface area contributed by atoms with Gasteiger partial charge in [-0.05, 0) is 48.0 Å². The minimum absolute atomic E-state index is 0.0806. The number of anilines is 1. The van der Waals surface area contributed by atoms with Crippen LogP contribution in [-0.4, -0.2) is 29.1 Å². The second-order valence-electron chi connectivity index (χ2n) is 6.19. The van der Waals surface area contributed by atoms with Gasteiger partial charge >= 0.3 is 0 Å². The molecule has 2 aromatic rings. The number of benzene rings is 2. The highest BCUT2D eigenvalue weighted by atomic mass is 35.5. The van der Waals surface area contributed by atoms with E-state index in [0.29, 0.717) is 16.8 Å². The summed E-state index contributed by atoms with van der Waals surface area (Å²) in [7, 11) is 0. The molecule has 0 bridgehead atoms. The number of aliphatic hydroxyl groups is 1. The minimum atomic E-state index is -2.20. The zero-order valence-electron chi connectivity index (χ0n) is 14.1. The van der Waals surface area contributed by atoms with Crippen molar-refractivity contribution in [2.75, 3.05) is 11.4 Å². The van der Waals surface area contributed by atoms with Crippen LogP contribution in [0.25, 0.3) is 0 Å². The molecule has 0 aliphatic carbocycles. The number of halogens is 2. The topological polar surface area (TPSA) is 93.4 Å². The minimum Gasteiger partial charge on any atom is -0.372 e. The third-order valence-electron chi connectivity index (χ3n) is 4.36. The maximum Gasteiger partial charge on any atom is 0.268 e. The van der Waals surface area contributed by atoms with E-state index in [2.05, 4.69) is 5.32 Å². The van der Waals surface area contributed by atoms with E-state index in [1.807, 2.05) is 6.07 Å². The SMILES string of the molecule is N#Cc1ccc(N2CCC(O)(C(=O)NCc3cc(F)cc(Cl)c3)C2=O)cc1. The Hall–Kier alpha value is -2.95. The third kappa shape index (κ3) is 3.77. The summed E-state index contributed by atoms with van der Waals surface area (Å²) >= 11 is 5.77. The normalized spacial score (nSPS) is 19.0. The predicted molar refractivity (Wildman–Crippen MR) is 96.3 cm³/mol. The summed E-state index contributed by atoms with van der Waals surface area (Å²) in [5.41, 5.74) is -0.872. The molecule has 2 N–H and O–H groups in total. The maximum absolute atomic E-state index is 13.4. The van der Waals surface area contributed by atoms with E-state index in [1.165, 1.54) is 17.0 Å². The van der Waals surface area contributed by atoms with Crippen LogP contribution in [0.1, 0.15) is 17.5 Å². The molecule has 0 saturated carbocycles. The molecule has 8 heteroatoms. The van der Waals surface area contributed by atoms with Crippen molar-refractivity contribution in [3.8, 4) is 6.07 Å². The first-order valence-electron chi connectivity index (χ1n) is 8.11. The van der Waals surface area contributed by atoms with Gasteiger partial charge < -0.3 is 15.3 Å². The predicted octanol–water partition coefficient (Wildman–Crippen LogP) is 2.13. The molecule has 138 valence electrons. The molecule has 6 nitrogen and oxygen atoms in total. The lowest BCUT2D eigenvalue weighted by Gasteiger charge is -2.22. The van der Waals surface area contributed by atoms with Gasteiger partial charge in [0.1, 0.15) is 5.82 Å². The van der Waals surface area contributed by atoms with Crippen molar-refractivity contribution in [1.29, 1.82) is 5.26 Å². The highest BCUT2D eigenvalue weighted by Gasteiger charge is 2.51. The summed E-state index contributed by atoms with van der Waals surface area (Å²) in [6.07, 6.45) is -0.0818. The van der Waals surface area contributed by atoms with Crippen LogP contribution in [0, 0.1) is 17.1 Å². The second kappa shape index (κ2) is 7.35. The Labute approximate surface area is 159 Å². The third-order valence-corrected chi connectivity index (χ3v) is 4.57. The molecule has 3 rings (SSSR count). The molecule has 2 aromatic carbocycles. The Balaban J connectivity index is 1.70. The monoisotopic (exact) mass is 387 g/mol. The largest absolute Gasteiger partial charge is 0.372 e. The van der Waals surface area contributed by atoms with Crippen molar-refractivity contribution < 1.29 is 19.1 Å². The number of carbonyl (C=O) groups is 2. The molecule has 1 unspecified atom stereocenters. The van der Waals surface area contributed by atoms with Crippen molar-refractivity contribution in [2.45, 2.75) is 18.6 Å². The number of rotatable bonds is 4. The molecule has 1 aliphatic heterocycles. The molecule has 27 heavy (non-hydrogen) atoms. The summed E-state index contributed by atoms with van der Waals surface area (Å²) < 4.78 is 13.4. The first-order chi connectivity index (χ1) is 12.8. The van der Waals surface area contributed by atoms with Gasteiger partial charge in [0.25, 0.3) is 11.8 Å². The second-order valence-corrected chi connectivity index (χ2v) is 6.62. The highest BCUT2D eigenvalue weighted by Crippen LogP contribution is 2.29. The summed E-state index contributed by atoms with van der Waals surface area (Å²) in [6, 6.07) is 12.1. The number of hydrogen-bond donors (Lipinski definition) is 2. The molecule has 1 aliphatic rings. The first-order valence-corrected chi connectivity index (χ1v) is 8.49. The summed E-state index contributed by atoms with van der Waals surface area (Å²) in [4.78, 5) is 26.3. The van der Waals surface area contributed by atoms with Gasteiger partial charge in [-0.15, -0.1) is 0 Å². The van der Waals surface area contributed by atoms with Gasteiger partial charge in [0.05, 0.1) is 11.6 Å². The van der Waals surface area contributed by atoms with Gasteiger partial charge in [-0.1, -0.05) is 11.6 Å². The van der Waals surface area contributed by atoms with E-state index in [0.717, 1.165) is 6.07 Å². The van der Waals surface area contributed by atoms with Crippen LogP contribution >= 0.6 is 11.6 Å². The zero-order chi connectivity index (χ0) is 19.6. The van der Waals surface area contributed by atoms with Gasteiger partial charge in [0.15, 0.2) is 0 Å². The van der Waals surface area contributed by atoms with Crippen LogP contribution in [0.3, 0.4) is 0 Å². The number of nitrogens with zero attached hydrogens (tertiary/aromatic N) is 2. The van der Waals surface area contributed by atoms with E-state index in [1.54, 1.807) is 24.3 Å². The van der Waals surface area contributed by atoms with E-state index in [9.17, 15) is 19.1 Å². The summed E-state index contributed by atoms with van der Waals surface area (Å²) in [5, 5.41) is 22.1. The standard InChI is InChI=1S/C19H15ClFN3O3/c20-14-7-13(8-15(21)9-14)11-23-17(25)19(27)5-6-24(18(19)26)16-3-1-12(10-22)2-4-16/h1-4,7-9,27H,5-6,11H2,(H,23,25). The Morgan fingerprint density at radius 1 is 1.33 bits per heavy atom. The Bertz CT molecular complexity index is 922. The quantitative estimate of drug-likeness (QED) is 0.786. The molecular weight excluding hydrogens is 373 g/mol. The molecular formula is C19H15ClFN3O3. The lowest BCUT2D eigenvalue weighted by atomic mass is 10.0. The van der Waals surface area contributed by atoms with E-state index >= 15 is 0 Å². The number of nitrogens with one attached hydrogen (secondary N) is 1. The molecule has 0 aromatic heterocycles. The van der Waals surface area contributed by atoms with Crippen LogP contribution in [0.5, 0.6) is 0 Å². The first kappa shape index (κ1) is 18.8. The van der Waals surface area contributed by atoms with Gasteiger partial charge in [-0.2, -0.15) is 5.26 Å². The van der Waals surface area contributed by atoms with E-state index in [4.69, 9.17) is 16.9 Å². The van der Waals surface area contributed by atoms with Crippen molar-refractivity contribution >= 4 is 29.1 Å². The van der Waals surface area contributed by atoms with E-state index < -0.39 is 23.2 Å². The molecule has 1 heterocycles. The lowest BCUT2D eigenvalue weighted by molar-refractivity contribution is -0.149. The average Bonchev–Trinajstić information content (AvgIpc) is 2.95. The fourth-order valence-electron chi connectivity index (χ4n) is 2.92. The van der Waals surface area contributed by atoms with Crippen LogP contribution in [0.15, 0.2) is 42.5 Å². The molecule has 1 fully saturated rings. The summed E-state index contributed by atoms with van der Waals surface area (Å²) in [6.45, 7) is 0.0726. The number of hydrogen-bond acceptors (Lipinski definition) is 4. The fraction of sp³-hybridized carbons (Fsp3) is 0.211. The zero-order valence-corrected chi connectivity index (χ0v) is 14.8. The van der Waals surface area contributed by atoms with Crippen LogP contribution in [0.2, 0.25) is 5.02 Å². The van der Waals surface area contributed by atoms with Crippen LogP contribution in [0.4, 0.5) is 10.1 Å². The van der Waals surface area contributed by atoms with Crippen LogP contribution < -0.4 is 10.2 Å². The van der Waals surface area contributed by atoms with Crippen molar-refractivity contribution in [3.05, 3.63) is 64.4 Å². The van der Waals surface area contributed by atoms with Crippen LogP contribution in [-0.2, 0) is 16.1 Å². The molecule has 0 spiro atoms. The number of amides is 2. The average molecular weight is 388 g/mol. The fourth-order valence-corrected chi connectivity index (χ4v) is 3.16. The van der Waals surface area contributed by atoms with Gasteiger partial charge in [0.2, 0.25) is 5.60 Å². The van der Waals surface area contributed by atoms with Gasteiger partial charge in [0, 0.05) is 30.2 Å². The molecule has 0 radical (unpaired) electrons. The van der Waals surface area contributed by atoms with Gasteiger partial charge in [-0.3, -0.25) is 9.59 Å². The molecule has 1 saturated heterocycles. The Kier molecular flexibility index (Phi) is 5.13. The number of nitriles is 1. The van der Waals surface area contributed by atoms with Crippen molar-refractivity contribution in [3.63, 3.8) is 0 Å². The summed E-state index contributed by atoms with van der Waals surface area (Å²) in [5.74, 6) is -2.15. The number of carbonyl (C=O) groups excluding carboxylic acids is 2. The molecule has 1 atom stereocenters.